The number of hydrogen-bond acceptors (Lipinski definition) is 5. The van der Waals surface area contributed by atoms with Crippen molar-refractivity contribution in [1.82, 2.24) is 5.32 Å². The van der Waals surface area contributed by atoms with Crippen molar-refractivity contribution in [3.8, 4) is 0 Å². The predicted molar refractivity (Wildman–Crippen MR) is 183 cm³/mol. The van der Waals surface area contributed by atoms with E-state index >= 15 is 0 Å². The average Bonchev–Trinajstić information content (AvgIpc) is 3.58. The van der Waals surface area contributed by atoms with Crippen molar-refractivity contribution in [3.05, 3.63) is 86.9 Å². The SMILES string of the molecule is Cc1cc(C(F)(F)F)ccc1N1CCCC1.Cc1cc(C(F)(F)F)ccc1N1CCNCC1.Cc1cc(C)c(N2CCOCC2)cc1Cl. The zero-order chi connectivity index (χ0) is 35.1. The molecule has 0 aliphatic carbocycles. The van der Waals surface area contributed by atoms with Crippen LogP contribution in [0.5, 0.6) is 0 Å². The van der Waals surface area contributed by atoms with Gasteiger partial charge in [-0.3, -0.25) is 0 Å². The molecule has 3 saturated heterocycles. The highest BCUT2D eigenvalue weighted by Gasteiger charge is 2.32. The van der Waals surface area contributed by atoms with Crippen LogP contribution in [0.25, 0.3) is 0 Å². The van der Waals surface area contributed by atoms with Gasteiger partial charge in [0.15, 0.2) is 0 Å². The summed E-state index contributed by atoms with van der Waals surface area (Å²) < 4.78 is 80.3. The molecule has 0 atom stereocenters. The predicted octanol–water partition coefficient (Wildman–Crippen LogP) is 8.83. The lowest BCUT2D eigenvalue weighted by Crippen LogP contribution is -2.43. The molecule has 264 valence electrons. The van der Waals surface area contributed by atoms with E-state index in [2.05, 4.69) is 39.1 Å². The Balaban J connectivity index is 0.000000163. The van der Waals surface area contributed by atoms with E-state index in [1.54, 1.807) is 26.0 Å². The van der Waals surface area contributed by atoms with Crippen LogP contribution in [-0.4, -0.2) is 65.6 Å². The van der Waals surface area contributed by atoms with Gasteiger partial charge < -0.3 is 24.8 Å². The quantitative estimate of drug-likeness (QED) is 0.277. The largest absolute Gasteiger partial charge is 0.416 e. The second-order valence-corrected chi connectivity index (χ2v) is 12.8. The van der Waals surface area contributed by atoms with E-state index in [0.717, 1.165) is 106 Å². The Morgan fingerprint density at radius 3 is 1.46 bits per heavy atom. The molecule has 0 radical (unpaired) electrons. The zero-order valence-electron chi connectivity index (χ0n) is 28.0. The summed E-state index contributed by atoms with van der Waals surface area (Å²) in [6.07, 6.45) is -6.25. The summed E-state index contributed by atoms with van der Waals surface area (Å²) in [7, 11) is 0. The maximum Gasteiger partial charge on any atom is 0.416 e. The fraction of sp³-hybridized carbons (Fsp3) is 0.500. The molecule has 0 spiro atoms. The minimum atomic E-state index is -4.26. The highest BCUT2D eigenvalue weighted by atomic mass is 35.5. The molecule has 3 heterocycles. The molecule has 3 aliphatic heterocycles. The van der Waals surface area contributed by atoms with E-state index in [1.165, 1.54) is 29.4 Å². The number of benzene rings is 3. The van der Waals surface area contributed by atoms with Gasteiger partial charge in [-0.2, -0.15) is 26.3 Å². The number of aryl methyl sites for hydroxylation is 4. The van der Waals surface area contributed by atoms with Gasteiger partial charge >= 0.3 is 12.4 Å². The van der Waals surface area contributed by atoms with Crippen molar-refractivity contribution in [2.24, 2.45) is 0 Å². The van der Waals surface area contributed by atoms with Crippen LogP contribution in [0.4, 0.5) is 43.4 Å². The molecule has 0 saturated carbocycles. The summed E-state index contributed by atoms with van der Waals surface area (Å²) in [5, 5.41) is 4.07. The van der Waals surface area contributed by atoms with Gasteiger partial charge in [0.2, 0.25) is 0 Å². The van der Waals surface area contributed by atoms with E-state index in [4.69, 9.17) is 16.3 Å². The molecule has 0 amide bonds. The number of anilines is 3. The van der Waals surface area contributed by atoms with Crippen molar-refractivity contribution in [2.45, 2.75) is 52.9 Å². The molecule has 48 heavy (non-hydrogen) atoms. The Hall–Kier alpha value is -3.15. The molecule has 0 unspecified atom stereocenters. The fourth-order valence-corrected chi connectivity index (χ4v) is 6.36. The summed E-state index contributed by atoms with van der Waals surface area (Å²) in [5.41, 5.74) is 5.77. The van der Waals surface area contributed by atoms with Crippen LogP contribution in [0.15, 0.2) is 48.5 Å². The van der Waals surface area contributed by atoms with E-state index in [1.807, 2.05) is 6.92 Å². The molecule has 0 bridgehead atoms. The Kier molecular flexibility index (Phi) is 12.9. The van der Waals surface area contributed by atoms with Gasteiger partial charge in [0.1, 0.15) is 0 Å². The van der Waals surface area contributed by atoms with E-state index in [-0.39, 0.29) is 0 Å². The summed E-state index contributed by atoms with van der Waals surface area (Å²) in [6.45, 7) is 16.5. The standard InChI is InChI=1S/C12H16ClNO.C12H15F3N2.C12H14F3N/c1-9-7-10(2)12(8-11(9)13)14-3-5-15-6-4-14;1-9-8-10(12(13,14)15)2-3-11(9)17-6-4-16-5-7-17;1-9-8-10(12(13,14)15)4-5-11(9)16-6-2-3-7-16/h7-8H,3-6H2,1-2H3;2-3,8,16H,4-7H2,1H3;4-5,8H,2-3,6-7H2,1H3. The van der Waals surface area contributed by atoms with Crippen molar-refractivity contribution < 1.29 is 31.1 Å². The number of hydrogen-bond donors (Lipinski definition) is 1. The number of nitrogens with one attached hydrogen (secondary N) is 1. The maximum absolute atomic E-state index is 12.5. The number of ether oxygens (including phenoxy) is 1. The monoisotopic (exact) mass is 698 g/mol. The first-order valence-electron chi connectivity index (χ1n) is 16.3. The number of morpholine rings is 1. The molecule has 3 aromatic rings. The van der Waals surface area contributed by atoms with Crippen LogP contribution < -0.4 is 20.0 Å². The minimum absolute atomic E-state index is 0.562. The van der Waals surface area contributed by atoms with E-state index < -0.39 is 23.5 Å². The summed E-state index contributed by atoms with van der Waals surface area (Å²) in [5.74, 6) is 0. The molecule has 1 N–H and O–H groups in total. The van der Waals surface area contributed by atoms with Crippen LogP contribution in [0.3, 0.4) is 0 Å². The number of halogens is 7. The van der Waals surface area contributed by atoms with Gasteiger partial charge in [-0.25, -0.2) is 0 Å². The molecular weight excluding hydrogens is 654 g/mol. The number of piperazine rings is 1. The van der Waals surface area contributed by atoms with Crippen LogP contribution in [0.2, 0.25) is 5.02 Å². The van der Waals surface area contributed by atoms with Gasteiger partial charge in [-0.05, 0) is 105 Å². The van der Waals surface area contributed by atoms with E-state index in [9.17, 15) is 26.3 Å². The molecule has 5 nitrogen and oxygen atoms in total. The smallest absolute Gasteiger partial charge is 0.378 e. The second-order valence-electron chi connectivity index (χ2n) is 12.4. The highest BCUT2D eigenvalue weighted by molar-refractivity contribution is 6.31. The van der Waals surface area contributed by atoms with Gasteiger partial charge in [0.25, 0.3) is 0 Å². The molecule has 3 aliphatic rings. The van der Waals surface area contributed by atoms with Crippen molar-refractivity contribution >= 4 is 28.7 Å². The fourth-order valence-electron chi connectivity index (χ4n) is 6.20. The summed E-state index contributed by atoms with van der Waals surface area (Å²) in [6, 6.07) is 12.1. The first-order valence-corrected chi connectivity index (χ1v) is 16.7. The van der Waals surface area contributed by atoms with Crippen LogP contribution in [0, 0.1) is 27.7 Å². The third kappa shape index (κ3) is 10.2. The minimum Gasteiger partial charge on any atom is -0.378 e. The second kappa shape index (κ2) is 16.5. The molecule has 12 heteroatoms. The van der Waals surface area contributed by atoms with Crippen LogP contribution in [0.1, 0.15) is 46.2 Å². The van der Waals surface area contributed by atoms with Crippen molar-refractivity contribution in [2.75, 3.05) is 80.3 Å². The van der Waals surface area contributed by atoms with Gasteiger partial charge in [-0.1, -0.05) is 17.7 Å². The van der Waals surface area contributed by atoms with Crippen molar-refractivity contribution in [3.63, 3.8) is 0 Å². The zero-order valence-corrected chi connectivity index (χ0v) is 28.8. The Morgan fingerprint density at radius 1 is 0.562 bits per heavy atom. The first-order chi connectivity index (χ1) is 22.6. The summed E-state index contributed by atoms with van der Waals surface area (Å²) in [4.78, 5) is 6.60. The highest BCUT2D eigenvalue weighted by Crippen LogP contribution is 2.34. The Morgan fingerprint density at radius 2 is 1.00 bits per heavy atom. The first kappa shape index (κ1) is 37.7. The van der Waals surface area contributed by atoms with Crippen molar-refractivity contribution in [1.29, 1.82) is 0 Å². The van der Waals surface area contributed by atoms with Crippen LogP contribution in [-0.2, 0) is 17.1 Å². The van der Waals surface area contributed by atoms with E-state index in [0.29, 0.717) is 11.1 Å². The lowest BCUT2D eigenvalue weighted by atomic mass is 10.1. The topological polar surface area (TPSA) is 31.0 Å². The van der Waals surface area contributed by atoms with Gasteiger partial charge in [-0.15, -0.1) is 0 Å². The Labute approximate surface area is 284 Å². The lowest BCUT2D eigenvalue weighted by Gasteiger charge is -2.31. The lowest BCUT2D eigenvalue weighted by molar-refractivity contribution is -0.138. The van der Waals surface area contributed by atoms with Gasteiger partial charge in [0.05, 0.1) is 24.3 Å². The third-order valence-corrected chi connectivity index (χ3v) is 9.19. The molecule has 6 rings (SSSR count). The average molecular weight is 699 g/mol. The normalized spacial score (nSPS) is 17.0. The molecule has 3 fully saturated rings. The number of nitrogens with zero attached hydrogens (tertiary/aromatic N) is 3. The molecular formula is C36H45ClF6N4O. The number of alkyl halides is 6. The van der Waals surface area contributed by atoms with Crippen LogP contribution >= 0.6 is 11.6 Å². The van der Waals surface area contributed by atoms with Gasteiger partial charge in [0, 0.05) is 74.4 Å². The summed E-state index contributed by atoms with van der Waals surface area (Å²) >= 11 is 6.15. The molecule has 0 aromatic heterocycles. The molecule has 3 aromatic carbocycles. The maximum atomic E-state index is 12.5. The third-order valence-electron chi connectivity index (χ3n) is 8.78. The Bertz CT molecular complexity index is 1500. The number of rotatable bonds is 3.